The van der Waals surface area contributed by atoms with Gasteiger partial charge >= 0.3 is 0 Å². The highest BCUT2D eigenvalue weighted by atomic mass is 32.1. The van der Waals surface area contributed by atoms with E-state index in [-0.39, 0.29) is 5.56 Å². The molecule has 0 aliphatic carbocycles. The summed E-state index contributed by atoms with van der Waals surface area (Å²) < 4.78 is 4.07. The molecule has 0 aromatic carbocycles. The third-order valence-electron chi connectivity index (χ3n) is 5.11. The molecule has 0 spiro atoms. The average molecular weight is 505 g/mol. The lowest BCUT2D eigenvalue weighted by molar-refractivity contribution is 0.368. The first kappa shape index (κ1) is 27.0. The van der Waals surface area contributed by atoms with E-state index in [4.69, 9.17) is 12.2 Å². The Labute approximate surface area is 216 Å². The Balaban J connectivity index is 0.000000201. The summed E-state index contributed by atoms with van der Waals surface area (Å²) in [6.45, 7) is 3.05. The maximum atomic E-state index is 11.7. The lowest BCUT2D eigenvalue weighted by Crippen LogP contribution is -2.28. The zero-order chi connectivity index (χ0) is 25.9. The van der Waals surface area contributed by atoms with Crippen LogP contribution in [0.3, 0.4) is 0 Å². The predicted molar refractivity (Wildman–Crippen MR) is 145 cm³/mol. The molecule has 0 fully saturated rings. The highest BCUT2D eigenvalue weighted by molar-refractivity contribution is 7.71. The van der Waals surface area contributed by atoms with E-state index in [1.54, 1.807) is 18.5 Å². The molecule has 0 N–H and O–H groups in total. The lowest BCUT2D eigenvalue weighted by atomic mass is 10.2. The molecule has 0 atom stereocenters. The minimum absolute atomic E-state index is 0.0865. The summed E-state index contributed by atoms with van der Waals surface area (Å²) >= 11 is 5.28. The summed E-state index contributed by atoms with van der Waals surface area (Å²) in [5, 5.41) is 8.87. The smallest absolute Gasteiger partial charge is 0.266 e. The number of hydrogen-bond donors (Lipinski definition) is 0. The SMILES string of the molecule is CN(C)CCn1nc(-c2ccccn2)ccc1=O.CN(C)CCn1nc(-c2ccccn2)ccc1=S. The van der Waals surface area contributed by atoms with E-state index in [9.17, 15) is 4.79 Å². The molecule has 4 rings (SSSR count). The monoisotopic (exact) mass is 504 g/mol. The Bertz CT molecular complexity index is 1230. The summed E-state index contributed by atoms with van der Waals surface area (Å²) in [5.74, 6) is 0. The molecule has 9 nitrogen and oxygen atoms in total. The standard InChI is InChI=1S/C13H16N4O.C13H16N4S/c2*1-16(2)9-10-17-13(18)7-6-12(15-17)11-5-3-4-8-14-11/h2*3-8H,9-10H2,1-2H3. The molecule has 0 amide bonds. The van der Waals surface area contributed by atoms with Crippen LogP contribution in [-0.2, 0) is 13.1 Å². The van der Waals surface area contributed by atoms with Crippen molar-refractivity contribution in [1.82, 2.24) is 39.3 Å². The second-order valence-corrected chi connectivity index (χ2v) is 9.01. The number of hydrogen-bond acceptors (Lipinski definition) is 8. The van der Waals surface area contributed by atoms with Gasteiger partial charge in [-0.2, -0.15) is 10.2 Å². The van der Waals surface area contributed by atoms with Crippen molar-refractivity contribution in [3.63, 3.8) is 0 Å². The van der Waals surface area contributed by atoms with Crippen molar-refractivity contribution >= 4 is 12.2 Å². The van der Waals surface area contributed by atoms with Gasteiger partial charge in [0.2, 0.25) is 0 Å². The molecule has 0 aliphatic rings. The van der Waals surface area contributed by atoms with Crippen molar-refractivity contribution in [2.45, 2.75) is 13.1 Å². The van der Waals surface area contributed by atoms with Crippen LogP contribution in [0.2, 0.25) is 0 Å². The Morgan fingerprint density at radius 1 is 0.667 bits per heavy atom. The number of nitrogens with zero attached hydrogens (tertiary/aromatic N) is 8. The molecule has 188 valence electrons. The lowest BCUT2D eigenvalue weighted by Gasteiger charge is -2.12. The molecule has 4 heterocycles. The van der Waals surface area contributed by atoms with E-state index in [0.29, 0.717) is 12.2 Å². The van der Waals surface area contributed by atoms with Gasteiger partial charge in [-0.15, -0.1) is 0 Å². The Hall–Kier alpha value is -3.60. The van der Waals surface area contributed by atoms with Crippen molar-refractivity contribution in [1.29, 1.82) is 0 Å². The number of rotatable bonds is 8. The molecule has 4 aromatic rings. The van der Waals surface area contributed by atoms with Gasteiger partial charge in [-0.3, -0.25) is 19.4 Å². The topological polar surface area (TPSA) is 85.0 Å². The second-order valence-electron chi connectivity index (χ2n) is 8.60. The van der Waals surface area contributed by atoms with Crippen LogP contribution in [0, 0.1) is 4.64 Å². The highest BCUT2D eigenvalue weighted by Gasteiger charge is 2.05. The fraction of sp³-hybridized carbons (Fsp3) is 0.308. The molecule has 0 saturated carbocycles. The van der Waals surface area contributed by atoms with Gasteiger partial charge in [-0.1, -0.05) is 24.4 Å². The van der Waals surface area contributed by atoms with Gasteiger partial charge in [0, 0.05) is 31.5 Å². The highest BCUT2D eigenvalue weighted by Crippen LogP contribution is 2.12. The van der Waals surface area contributed by atoms with Gasteiger partial charge in [0.15, 0.2) is 0 Å². The van der Waals surface area contributed by atoms with Crippen LogP contribution >= 0.6 is 12.2 Å². The summed E-state index contributed by atoms with van der Waals surface area (Å²) in [6.07, 6.45) is 3.48. The van der Waals surface area contributed by atoms with Gasteiger partial charge in [0.1, 0.15) is 16.0 Å². The van der Waals surface area contributed by atoms with E-state index in [1.807, 2.05) is 86.3 Å². The van der Waals surface area contributed by atoms with Crippen LogP contribution in [0.1, 0.15) is 0 Å². The van der Waals surface area contributed by atoms with E-state index in [2.05, 4.69) is 25.1 Å². The molecule has 0 saturated heterocycles. The van der Waals surface area contributed by atoms with Crippen LogP contribution in [0.15, 0.2) is 77.9 Å². The summed E-state index contributed by atoms with van der Waals surface area (Å²) in [7, 11) is 8.00. The summed E-state index contributed by atoms with van der Waals surface area (Å²) in [5.41, 5.74) is 3.12. The molecular weight excluding hydrogens is 472 g/mol. The fourth-order valence-corrected chi connectivity index (χ4v) is 3.31. The zero-order valence-corrected chi connectivity index (χ0v) is 22.0. The first-order valence-electron chi connectivity index (χ1n) is 11.6. The first-order chi connectivity index (χ1) is 17.3. The molecule has 0 aliphatic heterocycles. The number of likely N-dealkylation sites (N-methyl/N-ethyl adjacent to an activating group) is 2. The normalized spacial score (nSPS) is 10.8. The molecule has 0 unspecified atom stereocenters. The fourth-order valence-electron chi connectivity index (χ4n) is 3.11. The van der Waals surface area contributed by atoms with Gasteiger partial charge in [-0.25, -0.2) is 4.68 Å². The van der Waals surface area contributed by atoms with Crippen molar-refractivity contribution in [2.24, 2.45) is 0 Å². The third-order valence-corrected chi connectivity index (χ3v) is 5.45. The van der Waals surface area contributed by atoms with Gasteiger partial charge in [0.05, 0.1) is 24.5 Å². The molecular formula is C26H32N8OS. The van der Waals surface area contributed by atoms with E-state index in [0.717, 1.165) is 41.4 Å². The van der Waals surface area contributed by atoms with E-state index < -0.39 is 0 Å². The molecule has 4 aromatic heterocycles. The molecule has 0 bridgehead atoms. The molecule has 10 heteroatoms. The minimum Gasteiger partial charge on any atom is -0.308 e. The van der Waals surface area contributed by atoms with Gasteiger partial charge < -0.3 is 9.80 Å². The van der Waals surface area contributed by atoms with E-state index in [1.165, 1.54) is 10.7 Å². The second kappa shape index (κ2) is 13.5. The van der Waals surface area contributed by atoms with Gasteiger partial charge in [-0.05, 0) is 70.7 Å². The Kier molecular flexibility index (Phi) is 10.1. The van der Waals surface area contributed by atoms with Crippen LogP contribution in [0.4, 0.5) is 0 Å². The number of aromatic nitrogens is 6. The molecule has 0 radical (unpaired) electrons. The van der Waals surface area contributed by atoms with Gasteiger partial charge in [0.25, 0.3) is 5.56 Å². The predicted octanol–water partition coefficient (Wildman–Crippen LogP) is 3.10. The average Bonchev–Trinajstić information content (AvgIpc) is 2.89. The Morgan fingerprint density at radius 3 is 1.67 bits per heavy atom. The Morgan fingerprint density at radius 2 is 1.17 bits per heavy atom. The van der Waals surface area contributed by atoms with Crippen molar-refractivity contribution in [3.8, 4) is 22.8 Å². The quantitative estimate of drug-likeness (QED) is 0.339. The van der Waals surface area contributed by atoms with Crippen molar-refractivity contribution < 1.29 is 0 Å². The maximum absolute atomic E-state index is 11.7. The van der Waals surface area contributed by atoms with Crippen LogP contribution in [0.25, 0.3) is 22.8 Å². The van der Waals surface area contributed by atoms with Crippen LogP contribution in [-0.4, -0.2) is 80.6 Å². The third kappa shape index (κ3) is 8.26. The van der Waals surface area contributed by atoms with Crippen LogP contribution < -0.4 is 5.56 Å². The first-order valence-corrected chi connectivity index (χ1v) is 12.0. The van der Waals surface area contributed by atoms with Crippen molar-refractivity contribution in [3.05, 3.63) is 88.1 Å². The minimum atomic E-state index is -0.0865. The van der Waals surface area contributed by atoms with E-state index >= 15 is 0 Å². The van der Waals surface area contributed by atoms with Crippen LogP contribution in [0.5, 0.6) is 0 Å². The number of pyridine rings is 2. The zero-order valence-electron chi connectivity index (χ0n) is 21.2. The maximum Gasteiger partial charge on any atom is 0.266 e. The summed E-state index contributed by atoms with van der Waals surface area (Å²) in [4.78, 5) is 24.3. The largest absolute Gasteiger partial charge is 0.308 e. The summed E-state index contributed by atoms with van der Waals surface area (Å²) in [6, 6.07) is 18.5. The van der Waals surface area contributed by atoms with Crippen molar-refractivity contribution in [2.75, 3.05) is 41.3 Å². The molecule has 36 heavy (non-hydrogen) atoms.